The number of hydrogen-bond donors (Lipinski definition) is 2. The molecule has 1 aromatic heterocycles. The van der Waals surface area contributed by atoms with Gasteiger partial charge < -0.3 is 15.2 Å². The third-order valence-electron chi connectivity index (χ3n) is 3.23. The molecule has 0 radical (unpaired) electrons. The number of nitrogens with zero attached hydrogens (tertiary/aromatic N) is 1. The Balaban J connectivity index is 2.14. The topological polar surface area (TPSA) is 80.6 Å². The molecule has 1 amide bonds. The van der Waals surface area contributed by atoms with Gasteiger partial charge in [-0.25, -0.2) is 4.79 Å². The van der Waals surface area contributed by atoms with E-state index in [0.717, 1.165) is 15.7 Å². The van der Waals surface area contributed by atoms with E-state index in [4.69, 9.17) is 9.84 Å². The van der Waals surface area contributed by atoms with Crippen LogP contribution in [0, 0.1) is 6.92 Å². The standard InChI is InChI=1S/C16H17BrN2O4/c1-11-13(17)3-2-4-14(11)19-7-5-12(9-15(19)21)10-23-16(22)18-6-8-20/h2-5,7,9,20H,6,8,10H2,1H3,(H,18,22). The quantitative estimate of drug-likeness (QED) is 0.832. The molecule has 0 bridgehead atoms. The highest BCUT2D eigenvalue weighted by molar-refractivity contribution is 9.10. The van der Waals surface area contributed by atoms with Crippen LogP contribution in [0.3, 0.4) is 0 Å². The average Bonchev–Trinajstić information content (AvgIpc) is 2.54. The minimum Gasteiger partial charge on any atom is -0.445 e. The maximum Gasteiger partial charge on any atom is 0.407 e. The van der Waals surface area contributed by atoms with Crippen molar-refractivity contribution < 1.29 is 14.6 Å². The number of hydrogen-bond acceptors (Lipinski definition) is 4. The molecule has 2 N–H and O–H groups in total. The summed E-state index contributed by atoms with van der Waals surface area (Å²) in [4.78, 5) is 23.6. The fraction of sp³-hybridized carbons (Fsp3) is 0.250. The van der Waals surface area contributed by atoms with E-state index in [1.54, 1.807) is 12.3 Å². The Kier molecular flexibility index (Phi) is 5.95. The lowest BCUT2D eigenvalue weighted by atomic mass is 10.2. The van der Waals surface area contributed by atoms with Crippen LogP contribution < -0.4 is 10.9 Å². The molecule has 0 unspecified atom stereocenters. The summed E-state index contributed by atoms with van der Waals surface area (Å²) in [5.41, 5.74) is 2.14. The number of amides is 1. The van der Waals surface area contributed by atoms with Gasteiger partial charge in [0.05, 0.1) is 12.3 Å². The molecule has 122 valence electrons. The van der Waals surface area contributed by atoms with Crippen molar-refractivity contribution in [3.05, 3.63) is 62.5 Å². The van der Waals surface area contributed by atoms with Crippen molar-refractivity contribution in [2.24, 2.45) is 0 Å². The van der Waals surface area contributed by atoms with E-state index in [9.17, 15) is 9.59 Å². The van der Waals surface area contributed by atoms with Crippen LogP contribution in [0.2, 0.25) is 0 Å². The number of alkyl carbamates (subject to hydrolysis) is 1. The summed E-state index contributed by atoms with van der Waals surface area (Å²) in [7, 11) is 0. The van der Waals surface area contributed by atoms with Gasteiger partial charge >= 0.3 is 6.09 Å². The minimum atomic E-state index is -0.633. The van der Waals surface area contributed by atoms with Crippen molar-refractivity contribution >= 4 is 22.0 Å². The first-order valence-corrected chi connectivity index (χ1v) is 7.81. The first kappa shape index (κ1) is 17.2. The van der Waals surface area contributed by atoms with E-state index in [-0.39, 0.29) is 25.3 Å². The van der Waals surface area contributed by atoms with Crippen molar-refractivity contribution in [2.45, 2.75) is 13.5 Å². The van der Waals surface area contributed by atoms with Gasteiger partial charge in [0.15, 0.2) is 0 Å². The van der Waals surface area contributed by atoms with Gasteiger partial charge in [-0.15, -0.1) is 0 Å². The van der Waals surface area contributed by atoms with E-state index >= 15 is 0 Å². The number of carbonyl (C=O) groups is 1. The zero-order chi connectivity index (χ0) is 16.8. The Morgan fingerprint density at radius 2 is 2.17 bits per heavy atom. The molecule has 0 fully saturated rings. The number of aromatic nitrogens is 1. The zero-order valence-electron chi connectivity index (χ0n) is 12.6. The monoisotopic (exact) mass is 380 g/mol. The van der Waals surface area contributed by atoms with Gasteiger partial charge in [0.2, 0.25) is 0 Å². The molecule has 0 saturated carbocycles. The van der Waals surface area contributed by atoms with Gasteiger partial charge in [0.1, 0.15) is 6.61 Å². The highest BCUT2D eigenvalue weighted by Gasteiger charge is 2.07. The number of rotatable bonds is 5. The molecule has 0 spiro atoms. The number of benzene rings is 1. The third kappa shape index (κ3) is 4.43. The molecule has 2 rings (SSSR count). The summed E-state index contributed by atoms with van der Waals surface area (Å²) in [5, 5.41) is 11.0. The van der Waals surface area contributed by atoms with Crippen LogP contribution in [0.25, 0.3) is 5.69 Å². The molecule has 0 saturated heterocycles. The van der Waals surface area contributed by atoms with Gasteiger partial charge in [-0.05, 0) is 36.2 Å². The number of aliphatic hydroxyl groups is 1. The molecule has 1 aromatic carbocycles. The van der Waals surface area contributed by atoms with Crippen molar-refractivity contribution in [2.75, 3.05) is 13.2 Å². The summed E-state index contributed by atoms with van der Waals surface area (Å²) in [6.45, 7) is 1.89. The molecule has 23 heavy (non-hydrogen) atoms. The number of aliphatic hydroxyl groups excluding tert-OH is 1. The number of pyridine rings is 1. The van der Waals surface area contributed by atoms with Crippen molar-refractivity contribution in [3.8, 4) is 5.69 Å². The van der Waals surface area contributed by atoms with Crippen LogP contribution in [0.1, 0.15) is 11.1 Å². The average molecular weight is 381 g/mol. The normalized spacial score (nSPS) is 10.4. The molecule has 0 aliphatic carbocycles. The number of halogens is 1. The van der Waals surface area contributed by atoms with Gasteiger partial charge in [-0.3, -0.25) is 9.36 Å². The highest BCUT2D eigenvalue weighted by atomic mass is 79.9. The first-order valence-electron chi connectivity index (χ1n) is 7.01. The number of carbonyl (C=O) groups excluding carboxylic acids is 1. The Labute approximate surface area is 141 Å². The molecule has 7 heteroatoms. The molecule has 0 aliphatic heterocycles. The smallest absolute Gasteiger partial charge is 0.407 e. The van der Waals surface area contributed by atoms with Crippen molar-refractivity contribution in [3.63, 3.8) is 0 Å². The predicted molar refractivity (Wildman–Crippen MR) is 89.7 cm³/mol. The molecule has 0 aliphatic rings. The third-order valence-corrected chi connectivity index (χ3v) is 4.09. The van der Waals surface area contributed by atoms with Crippen LogP contribution in [-0.4, -0.2) is 28.9 Å². The SMILES string of the molecule is Cc1c(Br)cccc1-n1ccc(COC(=O)NCCO)cc1=O. The minimum absolute atomic E-state index is 0.00912. The Morgan fingerprint density at radius 1 is 1.39 bits per heavy atom. The van der Waals surface area contributed by atoms with Crippen LogP contribution in [-0.2, 0) is 11.3 Å². The van der Waals surface area contributed by atoms with E-state index in [2.05, 4.69) is 21.2 Å². The van der Waals surface area contributed by atoms with Crippen LogP contribution >= 0.6 is 15.9 Å². The second-order valence-electron chi connectivity index (χ2n) is 4.85. The molecular formula is C16H17BrN2O4. The summed E-state index contributed by atoms with van der Waals surface area (Å²) in [5.74, 6) is 0. The Bertz CT molecular complexity index is 758. The number of ether oxygens (including phenoxy) is 1. The maximum absolute atomic E-state index is 12.3. The summed E-state index contributed by atoms with van der Waals surface area (Å²) < 4.78 is 7.42. The maximum atomic E-state index is 12.3. The van der Waals surface area contributed by atoms with Crippen LogP contribution in [0.5, 0.6) is 0 Å². The van der Waals surface area contributed by atoms with Crippen LogP contribution in [0.4, 0.5) is 4.79 Å². The van der Waals surface area contributed by atoms with Crippen molar-refractivity contribution in [1.82, 2.24) is 9.88 Å². The second-order valence-corrected chi connectivity index (χ2v) is 5.71. The second kappa shape index (κ2) is 7.94. The first-order chi connectivity index (χ1) is 11.0. The van der Waals surface area contributed by atoms with E-state index in [0.29, 0.717) is 5.56 Å². The summed E-state index contributed by atoms with van der Waals surface area (Å²) in [6, 6.07) is 8.79. The Hall–Kier alpha value is -2.12. The molecular weight excluding hydrogens is 364 g/mol. The molecule has 1 heterocycles. The highest BCUT2D eigenvalue weighted by Crippen LogP contribution is 2.21. The summed E-state index contributed by atoms with van der Waals surface area (Å²) >= 11 is 3.45. The molecule has 6 nitrogen and oxygen atoms in total. The molecule has 0 atom stereocenters. The van der Waals surface area contributed by atoms with Crippen LogP contribution in [0.15, 0.2) is 45.8 Å². The zero-order valence-corrected chi connectivity index (χ0v) is 14.2. The van der Waals surface area contributed by atoms with E-state index in [1.165, 1.54) is 10.6 Å². The predicted octanol–water partition coefficient (Wildman–Crippen LogP) is 2.13. The largest absolute Gasteiger partial charge is 0.445 e. The Morgan fingerprint density at radius 3 is 2.87 bits per heavy atom. The number of nitrogens with one attached hydrogen (secondary N) is 1. The van der Waals surface area contributed by atoms with Gasteiger partial charge in [-0.2, -0.15) is 0 Å². The lowest BCUT2D eigenvalue weighted by Crippen LogP contribution is -2.27. The van der Waals surface area contributed by atoms with Gasteiger partial charge in [-0.1, -0.05) is 22.0 Å². The lowest BCUT2D eigenvalue weighted by Gasteiger charge is -2.11. The fourth-order valence-corrected chi connectivity index (χ4v) is 2.38. The summed E-state index contributed by atoms with van der Waals surface area (Å²) in [6.07, 6.45) is 1.02. The van der Waals surface area contributed by atoms with E-state index < -0.39 is 6.09 Å². The molecule has 2 aromatic rings. The lowest BCUT2D eigenvalue weighted by molar-refractivity contribution is 0.137. The van der Waals surface area contributed by atoms with Gasteiger partial charge in [0, 0.05) is 23.3 Å². The van der Waals surface area contributed by atoms with E-state index in [1.807, 2.05) is 25.1 Å². The van der Waals surface area contributed by atoms with Gasteiger partial charge in [0.25, 0.3) is 5.56 Å². The fourth-order valence-electron chi connectivity index (χ4n) is 2.02. The van der Waals surface area contributed by atoms with Crippen molar-refractivity contribution in [1.29, 1.82) is 0 Å².